The van der Waals surface area contributed by atoms with Crippen LogP contribution < -0.4 is 10.6 Å². The summed E-state index contributed by atoms with van der Waals surface area (Å²) in [6, 6.07) is 14.7. The number of piperidine rings is 1. The van der Waals surface area contributed by atoms with Crippen molar-refractivity contribution in [3.63, 3.8) is 0 Å². The van der Waals surface area contributed by atoms with Gasteiger partial charge in [0, 0.05) is 24.5 Å². The predicted octanol–water partition coefficient (Wildman–Crippen LogP) is 3.73. The first kappa shape index (κ1) is 21.4. The Kier molecular flexibility index (Phi) is 7.06. The number of aryl methyl sites for hydroxylation is 1. The van der Waals surface area contributed by atoms with Crippen molar-refractivity contribution >= 4 is 29.3 Å². The van der Waals surface area contributed by atoms with Gasteiger partial charge in [-0.2, -0.15) is 0 Å². The molecule has 0 unspecified atom stereocenters. The maximum atomic E-state index is 12.3. The zero-order valence-electron chi connectivity index (χ0n) is 17.3. The lowest BCUT2D eigenvalue weighted by molar-refractivity contribution is -0.152. The molecule has 1 aliphatic heterocycles. The summed E-state index contributed by atoms with van der Waals surface area (Å²) in [6.07, 6.45) is 1.03. The highest BCUT2D eigenvalue weighted by Crippen LogP contribution is 2.20. The Labute approximate surface area is 176 Å². The molecule has 0 atom stereocenters. The normalized spacial score (nSPS) is 14.1. The molecule has 0 radical (unpaired) electrons. The topological polar surface area (TPSA) is 87.7 Å². The van der Waals surface area contributed by atoms with E-state index in [2.05, 4.69) is 10.6 Å². The van der Waals surface area contributed by atoms with Gasteiger partial charge in [-0.05, 0) is 56.0 Å². The average molecular weight is 409 g/mol. The highest BCUT2D eigenvalue weighted by atomic mass is 16.5. The molecule has 0 saturated carbocycles. The van der Waals surface area contributed by atoms with Gasteiger partial charge in [-0.3, -0.25) is 9.59 Å². The Morgan fingerprint density at radius 2 is 1.67 bits per heavy atom. The van der Waals surface area contributed by atoms with Gasteiger partial charge in [-0.1, -0.05) is 30.3 Å². The van der Waals surface area contributed by atoms with Crippen molar-refractivity contribution in [2.45, 2.75) is 26.7 Å². The second-order valence-corrected chi connectivity index (χ2v) is 7.46. The lowest BCUT2D eigenvalue weighted by atomic mass is 9.97. The van der Waals surface area contributed by atoms with Gasteiger partial charge < -0.3 is 20.3 Å². The van der Waals surface area contributed by atoms with Gasteiger partial charge in [0.2, 0.25) is 0 Å². The molecule has 7 heteroatoms. The fourth-order valence-electron chi connectivity index (χ4n) is 3.37. The van der Waals surface area contributed by atoms with E-state index in [1.807, 2.05) is 62.4 Å². The number of nitrogens with zero attached hydrogens (tertiary/aromatic N) is 1. The zero-order valence-corrected chi connectivity index (χ0v) is 17.3. The van der Waals surface area contributed by atoms with E-state index in [1.165, 1.54) is 0 Å². The first-order valence-corrected chi connectivity index (χ1v) is 10.1. The van der Waals surface area contributed by atoms with E-state index in [0.29, 0.717) is 31.6 Å². The minimum Gasteiger partial charge on any atom is -0.455 e. The maximum absolute atomic E-state index is 12.3. The number of benzene rings is 2. The summed E-state index contributed by atoms with van der Waals surface area (Å²) < 4.78 is 5.21. The van der Waals surface area contributed by atoms with Gasteiger partial charge in [-0.15, -0.1) is 0 Å². The molecular weight excluding hydrogens is 382 g/mol. The van der Waals surface area contributed by atoms with Crippen LogP contribution in [0.4, 0.5) is 16.2 Å². The summed E-state index contributed by atoms with van der Waals surface area (Å²) in [5, 5.41) is 5.62. The summed E-state index contributed by atoms with van der Waals surface area (Å²) in [4.78, 5) is 38.5. The number of rotatable bonds is 5. The molecule has 3 rings (SSSR count). The average Bonchev–Trinajstić information content (AvgIpc) is 2.76. The van der Waals surface area contributed by atoms with E-state index in [1.54, 1.807) is 4.90 Å². The number of ether oxygens (including phenoxy) is 1. The molecule has 0 spiro atoms. The number of hydrogen-bond acceptors (Lipinski definition) is 4. The number of likely N-dealkylation sites (tertiary alicyclic amines) is 1. The van der Waals surface area contributed by atoms with Crippen LogP contribution in [0.2, 0.25) is 0 Å². The van der Waals surface area contributed by atoms with E-state index in [9.17, 15) is 14.4 Å². The Balaban J connectivity index is 1.41. The molecule has 2 aromatic carbocycles. The lowest BCUT2D eigenvalue weighted by Gasteiger charge is -2.30. The van der Waals surface area contributed by atoms with E-state index in [-0.39, 0.29) is 24.5 Å². The second kappa shape index (κ2) is 9.91. The first-order valence-electron chi connectivity index (χ1n) is 10.1. The smallest absolute Gasteiger partial charge is 0.321 e. The molecule has 30 heavy (non-hydrogen) atoms. The molecule has 1 saturated heterocycles. The SMILES string of the molecule is Cc1cccc(NC(=O)COC(=O)C2CCN(C(=O)Nc3ccccc3)CC2)c1C. The van der Waals surface area contributed by atoms with Gasteiger partial charge in [0.1, 0.15) is 0 Å². The number of para-hydroxylation sites is 1. The standard InChI is InChI=1S/C23H27N3O4/c1-16-7-6-10-20(17(16)2)25-21(27)15-30-22(28)18-11-13-26(14-12-18)23(29)24-19-8-4-3-5-9-19/h3-10,18H,11-15H2,1-2H3,(H,24,29)(H,25,27). The maximum Gasteiger partial charge on any atom is 0.321 e. The Bertz CT molecular complexity index is 906. The van der Waals surface area contributed by atoms with Gasteiger partial charge in [0.25, 0.3) is 5.91 Å². The number of carbonyl (C=O) groups excluding carboxylic acids is 3. The molecule has 7 nitrogen and oxygen atoms in total. The van der Waals surface area contributed by atoms with Crippen LogP contribution in [0.15, 0.2) is 48.5 Å². The van der Waals surface area contributed by atoms with Crippen LogP contribution in [0.5, 0.6) is 0 Å². The summed E-state index contributed by atoms with van der Waals surface area (Å²) >= 11 is 0. The van der Waals surface area contributed by atoms with E-state index >= 15 is 0 Å². The number of esters is 1. The molecule has 1 fully saturated rings. The number of amides is 3. The van der Waals surface area contributed by atoms with E-state index < -0.39 is 5.97 Å². The molecule has 2 aromatic rings. The molecule has 158 valence electrons. The van der Waals surface area contributed by atoms with Crippen molar-refractivity contribution in [3.8, 4) is 0 Å². The summed E-state index contributed by atoms with van der Waals surface area (Å²) in [5.74, 6) is -1.06. The number of nitrogens with one attached hydrogen (secondary N) is 2. The van der Waals surface area contributed by atoms with Crippen molar-refractivity contribution in [3.05, 3.63) is 59.7 Å². The molecule has 3 amide bonds. The van der Waals surface area contributed by atoms with Gasteiger partial charge in [0.15, 0.2) is 6.61 Å². The number of anilines is 2. The third-order valence-corrected chi connectivity index (χ3v) is 5.36. The second-order valence-electron chi connectivity index (χ2n) is 7.46. The Morgan fingerprint density at radius 3 is 2.37 bits per heavy atom. The van der Waals surface area contributed by atoms with Gasteiger partial charge in [-0.25, -0.2) is 4.79 Å². The summed E-state index contributed by atoms with van der Waals surface area (Å²) in [5.41, 5.74) is 3.51. The number of hydrogen-bond donors (Lipinski definition) is 2. The summed E-state index contributed by atoms with van der Waals surface area (Å²) in [6.45, 7) is 4.51. The monoisotopic (exact) mass is 409 g/mol. The van der Waals surface area contributed by atoms with Crippen LogP contribution in [0.25, 0.3) is 0 Å². The van der Waals surface area contributed by atoms with Crippen LogP contribution in [-0.4, -0.2) is 42.5 Å². The molecule has 0 bridgehead atoms. The van der Waals surface area contributed by atoms with Gasteiger partial charge in [0.05, 0.1) is 5.92 Å². The molecular formula is C23H27N3O4. The fraction of sp³-hybridized carbons (Fsp3) is 0.348. The quantitative estimate of drug-likeness (QED) is 0.737. The highest BCUT2D eigenvalue weighted by Gasteiger charge is 2.28. The van der Waals surface area contributed by atoms with Crippen LogP contribution in [0.3, 0.4) is 0 Å². The van der Waals surface area contributed by atoms with Crippen molar-refractivity contribution in [2.24, 2.45) is 5.92 Å². The van der Waals surface area contributed by atoms with E-state index in [0.717, 1.165) is 16.8 Å². The number of carbonyl (C=O) groups is 3. The highest BCUT2D eigenvalue weighted by molar-refractivity contribution is 5.93. The van der Waals surface area contributed by atoms with Crippen LogP contribution in [0, 0.1) is 19.8 Å². The first-order chi connectivity index (χ1) is 14.4. The van der Waals surface area contributed by atoms with Crippen LogP contribution in [-0.2, 0) is 14.3 Å². The zero-order chi connectivity index (χ0) is 21.5. The molecule has 1 heterocycles. The van der Waals surface area contributed by atoms with Crippen LogP contribution >= 0.6 is 0 Å². The van der Waals surface area contributed by atoms with Crippen molar-refractivity contribution < 1.29 is 19.1 Å². The third kappa shape index (κ3) is 5.59. The van der Waals surface area contributed by atoms with Crippen molar-refractivity contribution in [1.29, 1.82) is 0 Å². The third-order valence-electron chi connectivity index (χ3n) is 5.36. The Morgan fingerprint density at radius 1 is 0.967 bits per heavy atom. The number of urea groups is 1. The molecule has 1 aliphatic rings. The molecule has 0 aliphatic carbocycles. The van der Waals surface area contributed by atoms with Gasteiger partial charge >= 0.3 is 12.0 Å². The predicted molar refractivity (Wildman–Crippen MR) is 115 cm³/mol. The Hall–Kier alpha value is -3.35. The van der Waals surface area contributed by atoms with Crippen molar-refractivity contribution in [1.82, 2.24) is 4.90 Å². The molecule has 0 aromatic heterocycles. The molecule has 2 N–H and O–H groups in total. The van der Waals surface area contributed by atoms with Crippen LogP contribution in [0.1, 0.15) is 24.0 Å². The lowest BCUT2D eigenvalue weighted by Crippen LogP contribution is -2.43. The fourth-order valence-corrected chi connectivity index (χ4v) is 3.37. The summed E-state index contributed by atoms with van der Waals surface area (Å²) in [7, 11) is 0. The largest absolute Gasteiger partial charge is 0.455 e. The van der Waals surface area contributed by atoms with Crippen molar-refractivity contribution in [2.75, 3.05) is 30.3 Å². The minimum atomic E-state index is -0.394. The van der Waals surface area contributed by atoms with E-state index in [4.69, 9.17) is 4.74 Å². The minimum absolute atomic E-state index is 0.180.